The molecule has 7 nitrogen and oxygen atoms in total. The van der Waals surface area contributed by atoms with Crippen LogP contribution in [0.5, 0.6) is 0 Å². The number of carbonyl (C=O) groups is 2. The average Bonchev–Trinajstić information content (AvgIpc) is 3.11. The van der Waals surface area contributed by atoms with Crippen LogP contribution in [0.3, 0.4) is 0 Å². The van der Waals surface area contributed by atoms with Crippen molar-refractivity contribution in [2.75, 3.05) is 44.2 Å². The van der Waals surface area contributed by atoms with Crippen molar-refractivity contribution in [3.8, 4) is 0 Å². The summed E-state index contributed by atoms with van der Waals surface area (Å²) < 4.78 is 0. The summed E-state index contributed by atoms with van der Waals surface area (Å²) in [7, 11) is 0. The normalized spacial score (nSPS) is 21.9. The lowest BCUT2D eigenvalue weighted by atomic mass is 10.2. The molecule has 7 heteroatoms. The van der Waals surface area contributed by atoms with E-state index in [1.165, 1.54) is 4.90 Å². The first kappa shape index (κ1) is 16.7. The van der Waals surface area contributed by atoms with Gasteiger partial charge in [-0.05, 0) is 25.0 Å². The highest BCUT2D eigenvalue weighted by atomic mass is 16.4. The van der Waals surface area contributed by atoms with Crippen LogP contribution in [0.2, 0.25) is 0 Å². The molecule has 2 saturated heterocycles. The summed E-state index contributed by atoms with van der Waals surface area (Å²) >= 11 is 0. The van der Waals surface area contributed by atoms with Gasteiger partial charge in [0.05, 0.1) is 0 Å². The molecule has 0 radical (unpaired) electrons. The molecule has 1 aromatic heterocycles. The summed E-state index contributed by atoms with van der Waals surface area (Å²) in [6.45, 7) is 4.85. The van der Waals surface area contributed by atoms with E-state index in [1.807, 2.05) is 18.2 Å². The van der Waals surface area contributed by atoms with Gasteiger partial charge in [0, 0.05) is 51.9 Å². The Labute approximate surface area is 141 Å². The molecule has 0 bridgehead atoms. The predicted octanol–water partition coefficient (Wildman–Crippen LogP) is 0.669. The van der Waals surface area contributed by atoms with E-state index in [-0.39, 0.29) is 5.91 Å². The Morgan fingerprint density at radius 1 is 1.17 bits per heavy atom. The van der Waals surface area contributed by atoms with Crippen LogP contribution in [0, 0.1) is 0 Å². The van der Waals surface area contributed by atoms with Crippen LogP contribution in [0.4, 0.5) is 5.82 Å². The first-order valence-electron chi connectivity index (χ1n) is 8.56. The van der Waals surface area contributed by atoms with E-state index < -0.39 is 12.0 Å². The topological polar surface area (TPSA) is 77.0 Å². The summed E-state index contributed by atoms with van der Waals surface area (Å²) in [5.41, 5.74) is 0. The highest BCUT2D eigenvalue weighted by Gasteiger charge is 2.33. The first-order valence-corrected chi connectivity index (χ1v) is 8.56. The van der Waals surface area contributed by atoms with Gasteiger partial charge in [0.25, 0.3) is 0 Å². The van der Waals surface area contributed by atoms with E-state index in [0.717, 1.165) is 38.4 Å². The number of carboxylic acids is 1. The molecular formula is C17H24N4O3. The van der Waals surface area contributed by atoms with Crippen molar-refractivity contribution in [2.45, 2.75) is 25.3 Å². The molecule has 1 atom stereocenters. The number of pyridine rings is 1. The standard InChI is InChI=1S/C17H24N4O3/c22-16(21-8-3-4-14(21)17(23)24)6-9-19-10-12-20(13-11-19)15-5-1-2-7-18-15/h1-2,5,7,14H,3-4,6,8-13H2,(H,23,24). The zero-order valence-corrected chi connectivity index (χ0v) is 13.8. The molecule has 1 N–H and O–H groups in total. The molecule has 3 heterocycles. The molecule has 3 rings (SSSR count). The Hall–Kier alpha value is -2.15. The maximum absolute atomic E-state index is 12.3. The van der Waals surface area contributed by atoms with Gasteiger partial charge in [-0.3, -0.25) is 9.69 Å². The number of hydrogen-bond donors (Lipinski definition) is 1. The third-order valence-corrected chi connectivity index (χ3v) is 4.85. The van der Waals surface area contributed by atoms with Crippen LogP contribution in [-0.2, 0) is 9.59 Å². The number of likely N-dealkylation sites (tertiary alicyclic amines) is 1. The van der Waals surface area contributed by atoms with E-state index in [9.17, 15) is 14.7 Å². The highest BCUT2D eigenvalue weighted by molar-refractivity contribution is 5.84. The summed E-state index contributed by atoms with van der Waals surface area (Å²) in [6, 6.07) is 5.29. The van der Waals surface area contributed by atoms with Crippen molar-refractivity contribution < 1.29 is 14.7 Å². The summed E-state index contributed by atoms with van der Waals surface area (Å²) in [6.07, 6.45) is 3.55. The van der Waals surface area contributed by atoms with Crippen molar-refractivity contribution in [1.82, 2.24) is 14.8 Å². The Morgan fingerprint density at radius 2 is 1.96 bits per heavy atom. The van der Waals surface area contributed by atoms with E-state index in [0.29, 0.717) is 25.9 Å². The lowest BCUT2D eigenvalue weighted by Crippen LogP contribution is -2.48. The fraction of sp³-hybridized carbons (Fsp3) is 0.588. The Balaban J connectivity index is 1.43. The second kappa shape index (κ2) is 7.61. The molecule has 1 unspecified atom stereocenters. The molecule has 24 heavy (non-hydrogen) atoms. The van der Waals surface area contributed by atoms with Gasteiger partial charge < -0.3 is 14.9 Å². The Kier molecular flexibility index (Phi) is 5.30. The highest BCUT2D eigenvalue weighted by Crippen LogP contribution is 2.19. The second-order valence-electron chi connectivity index (χ2n) is 6.35. The minimum atomic E-state index is -0.884. The van der Waals surface area contributed by atoms with Crippen molar-refractivity contribution >= 4 is 17.7 Å². The third kappa shape index (κ3) is 3.84. The van der Waals surface area contributed by atoms with Gasteiger partial charge >= 0.3 is 5.97 Å². The van der Waals surface area contributed by atoms with Crippen molar-refractivity contribution in [2.24, 2.45) is 0 Å². The molecule has 2 fully saturated rings. The van der Waals surface area contributed by atoms with Crippen molar-refractivity contribution in [3.63, 3.8) is 0 Å². The number of anilines is 1. The molecule has 1 aromatic rings. The number of carboxylic acid groups (broad SMARTS) is 1. The van der Waals surface area contributed by atoms with Crippen LogP contribution in [0.1, 0.15) is 19.3 Å². The van der Waals surface area contributed by atoms with E-state index in [4.69, 9.17) is 0 Å². The largest absolute Gasteiger partial charge is 0.480 e. The summed E-state index contributed by atoms with van der Waals surface area (Å²) in [4.78, 5) is 33.9. The quantitative estimate of drug-likeness (QED) is 0.854. The first-order chi connectivity index (χ1) is 11.6. The van der Waals surface area contributed by atoms with Gasteiger partial charge in [0.1, 0.15) is 11.9 Å². The maximum Gasteiger partial charge on any atom is 0.326 e. The smallest absolute Gasteiger partial charge is 0.326 e. The van der Waals surface area contributed by atoms with E-state index in [1.54, 1.807) is 6.20 Å². The van der Waals surface area contributed by atoms with E-state index in [2.05, 4.69) is 14.8 Å². The number of rotatable bonds is 5. The van der Waals surface area contributed by atoms with Crippen LogP contribution in [0.25, 0.3) is 0 Å². The maximum atomic E-state index is 12.3. The molecule has 0 spiro atoms. The lowest BCUT2D eigenvalue weighted by molar-refractivity contribution is -0.148. The van der Waals surface area contributed by atoms with Gasteiger partial charge in [-0.2, -0.15) is 0 Å². The number of aliphatic carboxylic acids is 1. The number of hydrogen-bond acceptors (Lipinski definition) is 5. The van der Waals surface area contributed by atoms with E-state index >= 15 is 0 Å². The number of piperazine rings is 1. The van der Waals surface area contributed by atoms with Gasteiger partial charge in [-0.15, -0.1) is 0 Å². The zero-order valence-electron chi connectivity index (χ0n) is 13.8. The molecule has 2 aliphatic heterocycles. The number of carbonyl (C=O) groups excluding carboxylic acids is 1. The number of aromatic nitrogens is 1. The van der Waals surface area contributed by atoms with Crippen LogP contribution in [-0.4, -0.2) is 77.1 Å². The Bertz CT molecular complexity index is 572. The van der Waals surface area contributed by atoms with Gasteiger partial charge in [0.15, 0.2) is 0 Å². The van der Waals surface area contributed by atoms with Crippen LogP contribution < -0.4 is 4.90 Å². The van der Waals surface area contributed by atoms with Crippen molar-refractivity contribution in [1.29, 1.82) is 0 Å². The molecule has 0 aromatic carbocycles. The number of nitrogens with zero attached hydrogens (tertiary/aromatic N) is 4. The fourth-order valence-corrected chi connectivity index (χ4v) is 3.46. The predicted molar refractivity (Wildman–Crippen MR) is 89.9 cm³/mol. The van der Waals surface area contributed by atoms with Gasteiger partial charge in [-0.25, -0.2) is 9.78 Å². The lowest BCUT2D eigenvalue weighted by Gasteiger charge is -2.35. The molecule has 0 aliphatic carbocycles. The molecule has 2 aliphatic rings. The number of amides is 1. The molecule has 0 saturated carbocycles. The second-order valence-corrected chi connectivity index (χ2v) is 6.35. The SMILES string of the molecule is O=C(O)C1CCCN1C(=O)CCN1CCN(c2ccccn2)CC1. The molecular weight excluding hydrogens is 308 g/mol. The third-order valence-electron chi connectivity index (χ3n) is 4.85. The minimum Gasteiger partial charge on any atom is -0.480 e. The van der Waals surface area contributed by atoms with Gasteiger partial charge in [-0.1, -0.05) is 6.07 Å². The molecule has 1 amide bonds. The fourth-order valence-electron chi connectivity index (χ4n) is 3.46. The Morgan fingerprint density at radius 3 is 2.62 bits per heavy atom. The molecule has 130 valence electrons. The minimum absolute atomic E-state index is 0.0351. The van der Waals surface area contributed by atoms with Crippen LogP contribution in [0.15, 0.2) is 24.4 Å². The zero-order chi connectivity index (χ0) is 16.9. The van der Waals surface area contributed by atoms with Gasteiger partial charge in [0.2, 0.25) is 5.91 Å². The van der Waals surface area contributed by atoms with Crippen molar-refractivity contribution in [3.05, 3.63) is 24.4 Å². The monoisotopic (exact) mass is 332 g/mol. The van der Waals surface area contributed by atoms with Crippen LogP contribution >= 0.6 is 0 Å². The summed E-state index contributed by atoms with van der Waals surface area (Å²) in [5.74, 6) is 0.0754. The summed E-state index contributed by atoms with van der Waals surface area (Å²) in [5, 5.41) is 9.17. The average molecular weight is 332 g/mol.